The Balaban J connectivity index is 1.93. The van der Waals surface area contributed by atoms with Crippen molar-refractivity contribution in [2.45, 2.75) is 12.8 Å². The van der Waals surface area contributed by atoms with Gasteiger partial charge in [-0.05, 0) is 38.1 Å². The molecule has 1 aliphatic rings. The molecule has 0 radical (unpaired) electrons. The van der Waals surface area contributed by atoms with Gasteiger partial charge < -0.3 is 20.0 Å². The minimum Gasteiger partial charge on any atom is -0.508 e. The van der Waals surface area contributed by atoms with Crippen LogP contribution in [0.4, 0.5) is 0 Å². The molecule has 0 aliphatic carbocycles. The predicted octanol–water partition coefficient (Wildman–Crippen LogP) is 1.27. The van der Waals surface area contributed by atoms with Crippen molar-refractivity contribution in [3.63, 3.8) is 0 Å². The third-order valence-electron chi connectivity index (χ3n) is 3.45. The normalized spacial score (nSPS) is 15.6. The van der Waals surface area contributed by atoms with Crippen LogP contribution in [-0.4, -0.2) is 59.1 Å². The molecule has 0 saturated carbocycles. The van der Waals surface area contributed by atoms with Gasteiger partial charge in [-0.25, -0.2) is 0 Å². The number of hydrogen-bond acceptors (Lipinski definition) is 4. The van der Waals surface area contributed by atoms with E-state index >= 15 is 0 Å². The van der Waals surface area contributed by atoms with E-state index in [0.29, 0.717) is 12.1 Å². The van der Waals surface area contributed by atoms with Gasteiger partial charge in [-0.15, -0.1) is 0 Å². The van der Waals surface area contributed by atoms with E-state index in [1.165, 1.54) is 31.0 Å². The number of nitrogens with zero attached hydrogens (tertiary/aromatic N) is 2. The highest BCUT2D eigenvalue weighted by atomic mass is 16.3. The van der Waals surface area contributed by atoms with E-state index in [0.717, 1.165) is 19.6 Å². The van der Waals surface area contributed by atoms with Crippen molar-refractivity contribution in [3.8, 4) is 11.5 Å². The van der Waals surface area contributed by atoms with Gasteiger partial charge in [0.15, 0.2) is 0 Å². The molecule has 19 heavy (non-hydrogen) atoms. The molecular formula is C14H20N2O3. The van der Waals surface area contributed by atoms with Gasteiger partial charge in [0, 0.05) is 31.8 Å². The summed E-state index contributed by atoms with van der Waals surface area (Å²) in [6.07, 6.45) is 2.47. The van der Waals surface area contributed by atoms with Crippen molar-refractivity contribution < 1.29 is 15.0 Å². The van der Waals surface area contributed by atoms with E-state index in [4.69, 9.17) is 0 Å². The molecule has 1 saturated heterocycles. The van der Waals surface area contributed by atoms with Gasteiger partial charge in [0.05, 0.1) is 0 Å². The van der Waals surface area contributed by atoms with Crippen LogP contribution >= 0.6 is 0 Å². The van der Waals surface area contributed by atoms with Crippen LogP contribution < -0.4 is 0 Å². The molecule has 0 spiro atoms. The van der Waals surface area contributed by atoms with E-state index < -0.39 is 0 Å². The molecule has 2 N–H and O–H groups in total. The van der Waals surface area contributed by atoms with Crippen molar-refractivity contribution in [2.24, 2.45) is 0 Å². The summed E-state index contributed by atoms with van der Waals surface area (Å²) in [6, 6.07) is 3.95. The summed E-state index contributed by atoms with van der Waals surface area (Å²) in [5.41, 5.74) is 0.307. The molecule has 0 aromatic heterocycles. The average Bonchev–Trinajstić information content (AvgIpc) is 2.87. The van der Waals surface area contributed by atoms with Crippen LogP contribution in [0.25, 0.3) is 0 Å². The van der Waals surface area contributed by atoms with E-state index in [9.17, 15) is 15.0 Å². The molecule has 0 bridgehead atoms. The lowest BCUT2D eigenvalue weighted by Gasteiger charge is -2.21. The first-order valence-electron chi connectivity index (χ1n) is 6.57. The number of amides is 1. The summed E-state index contributed by atoms with van der Waals surface area (Å²) in [7, 11) is 1.74. The van der Waals surface area contributed by atoms with Gasteiger partial charge in [-0.3, -0.25) is 4.79 Å². The molecule has 5 heteroatoms. The first-order valence-corrected chi connectivity index (χ1v) is 6.57. The Morgan fingerprint density at radius 1 is 1.21 bits per heavy atom. The Hall–Kier alpha value is -1.75. The summed E-state index contributed by atoms with van der Waals surface area (Å²) >= 11 is 0. The molecule has 1 aliphatic heterocycles. The Morgan fingerprint density at radius 3 is 2.37 bits per heavy atom. The molecule has 1 aromatic rings. The maximum atomic E-state index is 12.1. The second kappa shape index (κ2) is 5.93. The maximum absolute atomic E-state index is 12.1. The van der Waals surface area contributed by atoms with Crippen LogP contribution in [0.5, 0.6) is 11.5 Å². The zero-order chi connectivity index (χ0) is 13.8. The van der Waals surface area contributed by atoms with Crippen molar-refractivity contribution in [1.82, 2.24) is 9.80 Å². The van der Waals surface area contributed by atoms with Crippen LogP contribution in [0.3, 0.4) is 0 Å². The number of likely N-dealkylation sites (N-methyl/N-ethyl adjacent to an activating group) is 1. The van der Waals surface area contributed by atoms with Gasteiger partial charge in [-0.1, -0.05) is 0 Å². The highest BCUT2D eigenvalue weighted by molar-refractivity contribution is 5.94. The van der Waals surface area contributed by atoms with Gasteiger partial charge in [-0.2, -0.15) is 0 Å². The van der Waals surface area contributed by atoms with E-state index in [-0.39, 0.29) is 17.4 Å². The number of carbonyl (C=O) groups is 1. The lowest BCUT2D eigenvalue weighted by atomic mass is 10.2. The van der Waals surface area contributed by atoms with E-state index in [1.54, 1.807) is 11.9 Å². The second-order valence-corrected chi connectivity index (χ2v) is 5.01. The van der Waals surface area contributed by atoms with Crippen molar-refractivity contribution in [3.05, 3.63) is 23.8 Å². The van der Waals surface area contributed by atoms with Crippen molar-refractivity contribution in [1.29, 1.82) is 0 Å². The van der Waals surface area contributed by atoms with Crippen molar-refractivity contribution >= 4 is 5.91 Å². The summed E-state index contributed by atoms with van der Waals surface area (Å²) in [5, 5.41) is 18.8. The SMILES string of the molecule is CN(CCN1CCCC1)C(=O)c1cc(O)cc(O)c1. The second-order valence-electron chi connectivity index (χ2n) is 5.01. The average molecular weight is 264 g/mol. The lowest BCUT2D eigenvalue weighted by Crippen LogP contribution is -2.35. The first-order chi connectivity index (χ1) is 9.06. The monoisotopic (exact) mass is 264 g/mol. The number of aromatic hydroxyl groups is 2. The number of likely N-dealkylation sites (tertiary alicyclic amines) is 1. The fourth-order valence-corrected chi connectivity index (χ4v) is 2.34. The Labute approximate surface area is 113 Å². The third kappa shape index (κ3) is 3.61. The fraction of sp³-hybridized carbons (Fsp3) is 0.500. The largest absolute Gasteiger partial charge is 0.508 e. The molecule has 1 aromatic carbocycles. The third-order valence-corrected chi connectivity index (χ3v) is 3.45. The predicted molar refractivity (Wildman–Crippen MR) is 72.4 cm³/mol. The first kappa shape index (κ1) is 13.7. The zero-order valence-electron chi connectivity index (χ0n) is 11.2. The standard InChI is InChI=1S/C14H20N2O3/c1-15(6-7-16-4-2-3-5-16)14(19)11-8-12(17)10-13(18)9-11/h8-10,17-18H,2-7H2,1H3. The molecular weight excluding hydrogens is 244 g/mol. The topological polar surface area (TPSA) is 64.0 Å². The minimum absolute atomic E-state index is 0.101. The number of phenolic OH excluding ortho intramolecular Hbond substituents is 2. The van der Waals surface area contributed by atoms with E-state index in [2.05, 4.69) is 4.90 Å². The van der Waals surface area contributed by atoms with E-state index in [1.807, 2.05) is 0 Å². The number of rotatable bonds is 4. The quantitative estimate of drug-likeness (QED) is 0.859. The number of phenols is 2. The molecule has 1 amide bonds. The molecule has 2 rings (SSSR count). The number of benzene rings is 1. The molecule has 104 valence electrons. The van der Waals surface area contributed by atoms with Crippen LogP contribution in [0, 0.1) is 0 Å². The highest BCUT2D eigenvalue weighted by Gasteiger charge is 2.16. The summed E-state index contributed by atoms with van der Waals surface area (Å²) in [6.45, 7) is 3.73. The van der Waals surface area contributed by atoms with Gasteiger partial charge >= 0.3 is 0 Å². The zero-order valence-corrected chi connectivity index (χ0v) is 11.2. The molecule has 5 nitrogen and oxygen atoms in total. The van der Waals surface area contributed by atoms with Gasteiger partial charge in [0.1, 0.15) is 11.5 Å². The van der Waals surface area contributed by atoms with Crippen LogP contribution in [0.2, 0.25) is 0 Å². The smallest absolute Gasteiger partial charge is 0.253 e. The Morgan fingerprint density at radius 2 is 1.79 bits per heavy atom. The van der Waals surface area contributed by atoms with Gasteiger partial charge in [0.2, 0.25) is 0 Å². The molecule has 0 atom stereocenters. The molecule has 1 fully saturated rings. The van der Waals surface area contributed by atoms with Crippen LogP contribution in [-0.2, 0) is 0 Å². The van der Waals surface area contributed by atoms with Crippen LogP contribution in [0.15, 0.2) is 18.2 Å². The Bertz CT molecular complexity index is 436. The number of hydrogen-bond donors (Lipinski definition) is 2. The lowest BCUT2D eigenvalue weighted by molar-refractivity contribution is 0.0781. The Kier molecular flexibility index (Phi) is 4.27. The minimum atomic E-state index is -0.189. The molecule has 0 unspecified atom stereocenters. The highest BCUT2D eigenvalue weighted by Crippen LogP contribution is 2.21. The summed E-state index contributed by atoms with van der Waals surface area (Å²) < 4.78 is 0. The molecule has 1 heterocycles. The van der Waals surface area contributed by atoms with Gasteiger partial charge in [0.25, 0.3) is 5.91 Å². The maximum Gasteiger partial charge on any atom is 0.253 e. The number of carbonyl (C=O) groups excluding carboxylic acids is 1. The summed E-state index contributed by atoms with van der Waals surface area (Å²) in [5.74, 6) is -0.391. The van der Waals surface area contributed by atoms with Crippen LogP contribution in [0.1, 0.15) is 23.2 Å². The summed E-state index contributed by atoms with van der Waals surface area (Å²) in [4.78, 5) is 16.1. The fourth-order valence-electron chi connectivity index (χ4n) is 2.34. The van der Waals surface area contributed by atoms with Crippen molar-refractivity contribution in [2.75, 3.05) is 33.2 Å².